The van der Waals surface area contributed by atoms with E-state index in [9.17, 15) is 29.1 Å². The second-order valence-corrected chi connectivity index (χ2v) is 12.6. The van der Waals surface area contributed by atoms with Crippen molar-refractivity contribution in [2.45, 2.75) is 36.6 Å². The maximum Gasteiger partial charge on any atom is 0.338 e. The van der Waals surface area contributed by atoms with Crippen molar-refractivity contribution in [3.8, 4) is 11.5 Å². The molecule has 0 radical (unpaired) electrons. The van der Waals surface area contributed by atoms with Crippen molar-refractivity contribution in [3.63, 3.8) is 0 Å². The standard InChI is InChI=1S/C33H29N3O8S2/c1-3-43-23-16-19(12-15-22(23)37)25-26-27(30(40)36(29(26)39)21-13-10-18(11-14-21)32(41)44-4-2)45-31-28(25)46-33(42)35(31)17-24(38)34-20-8-6-5-7-9-20/h5-16,25-27,37H,3-4,17H2,1-2H3,(H,34,38)/t25-,26?,27?/m0/s1. The first-order valence-electron chi connectivity index (χ1n) is 14.6. The number of ether oxygens (including phenoxy) is 2. The van der Waals surface area contributed by atoms with Gasteiger partial charge in [0.15, 0.2) is 11.5 Å². The molecule has 3 heterocycles. The fraction of sp³-hybridized carbons (Fsp3) is 0.242. The van der Waals surface area contributed by atoms with Gasteiger partial charge in [-0.1, -0.05) is 47.4 Å². The molecule has 3 amide bonds. The van der Waals surface area contributed by atoms with Crippen LogP contribution in [0.25, 0.3) is 0 Å². The van der Waals surface area contributed by atoms with Crippen molar-refractivity contribution >= 4 is 58.2 Å². The molecule has 1 fully saturated rings. The highest BCUT2D eigenvalue weighted by atomic mass is 32.2. The Labute approximate surface area is 271 Å². The van der Waals surface area contributed by atoms with Crippen LogP contribution in [0.5, 0.6) is 11.5 Å². The number of carbonyl (C=O) groups is 4. The quantitative estimate of drug-likeness (QED) is 0.194. The molecule has 3 aromatic carbocycles. The fourth-order valence-electron chi connectivity index (χ4n) is 5.69. The first-order valence-corrected chi connectivity index (χ1v) is 16.3. The average molecular weight is 660 g/mol. The van der Waals surface area contributed by atoms with E-state index in [1.165, 1.54) is 34.9 Å². The molecule has 0 saturated carbocycles. The summed E-state index contributed by atoms with van der Waals surface area (Å²) in [6.45, 7) is 3.66. The number of aromatic hydroxyl groups is 1. The Bertz CT molecular complexity index is 1890. The highest BCUT2D eigenvalue weighted by molar-refractivity contribution is 8.00. The second kappa shape index (κ2) is 12.9. The van der Waals surface area contributed by atoms with Gasteiger partial charge >= 0.3 is 10.8 Å². The van der Waals surface area contributed by atoms with Crippen molar-refractivity contribution in [2.75, 3.05) is 23.4 Å². The molecule has 2 N–H and O–H groups in total. The number of rotatable bonds is 9. The molecule has 2 aliphatic rings. The monoisotopic (exact) mass is 659 g/mol. The van der Waals surface area contributed by atoms with E-state index in [4.69, 9.17) is 9.47 Å². The van der Waals surface area contributed by atoms with Gasteiger partial charge in [0.2, 0.25) is 17.7 Å². The number of carbonyl (C=O) groups excluding carboxylic acids is 4. The Morgan fingerprint density at radius 1 is 0.935 bits per heavy atom. The summed E-state index contributed by atoms with van der Waals surface area (Å²) in [5.74, 6) is -3.44. The van der Waals surface area contributed by atoms with E-state index in [0.717, 1.165) is 28.0 Å². The largest absolute Gasteiger partial charge is 0.504 e. The number of hydrogen-bond acceptors (Lipinski definition) is 10. The van der Waals surface area contributed by atoms with Crippen molar-refractivity contribution in [1.82, 2.24) is 4.57 Å². The molecule has 1 aromatic heterocycles. The molecule has 1 saturated heterocycles. The van der Waals surface area contributed by atoms with Crippen LogP contribution in [0.4, 0.5) is 11.4 Å². The van der Waals surface area contributed by atoms with Gasteiger partial charge in [0.25, 0.3) is 0 Å². The van der Waals surface area contributed by atoms with E-state index in [1.54, 1.807) is 50.2 Å². The van der Waals surface area contributed by atoms with Crippen molar-refractivity contribution in [2.24, 2.45) is 5.92 Å². The van der Waals surface area contributed by atoms with Crippen LogP contribution in [0, 0.1) is 5.92 Å². The molecule has 0 spiro atoms. The third-order valence-corrected chi connectivity index (χ3v) is 10.3. The molecular formula is C33H29N3O8S2. The number of fused-ring (bicyclic) bond motifs is 2. The van der Waals surface area contributed by atoms with Gasteiger partial charge in [-0.2, -0.15) is 0 Å². The number of hydrogen-bond donors (Lipinski definition) is 2. The Morgan fingerprint density at radius 2 is 1.67 bits per heavy atom. The van der Waals surface area contributed by atoms with Crippen LogP contribution in [0.1, 0.15) is 40.6 Å². The number of phenolic OH excluding ortho intramolecular Hbond substituents is 1. The minimum absolute atomic E-state index is 0.0898. The van der Waals surface area contributed by atoms with Gasteiger partial charge in [-0.3, -0.25) is 23.7 Å². The van der Waals surface area contributed by atoms with Gasteiger partial charge in [0.1, 0.15) is 11.8 Å². The predicted molar refractivity (Wildman–Crippen MR) is 173 cm³/mol. The van der Waals surface area contributed by atoms with Crippen molar-refractivity contribution < 1.29 is 33.8 Å². The Morgan fingerprint density at radius 3 is 2.37 bits per heavy atom. The SMILES string of the molecule is CCOC(=O)c1ccc(N2C(=O)C3Sc4c(sc(=O)n4CC(=O)Nc4ccccc4)[C@@H](c4ccc(O)c(OCC)c4)C3C2=O)cc1. The molecule has 4 aromatic rings. The van der Waals surface area contributed by atoms with Gasteiger partial charge in [-0.15, -0.1) is 0 Å². The Balaban J connectivity index is 1.41. The van der Waals surface area contributed by atoms with Crippen molar-refractivity contribution in [3.05, 3.63) is 98.5 Å². The summed E-state index contributed by atoms with van der Waals surface area (Å²) in [5.41, 5.74) is 1.71. The summed E-state index contributed by atoms with van der Waals surface area (Å²) in [4.78, 5) is 68.1. The van der Waals surface area contributed by atoms with E-state index in [-0.39, 0.29) is 36.8 Å². The number of aromatic nitrogens is 1. The number of phenols is 1. The normalized spacial score (nSPS) is 18.6. The van der Waals surface area contributed by atoms with Crippen LogP contribution in [0.2, 0.25) is 0 Å². The third kappa shape index (κ3) is 5.67. The lowest BCUT2D eigenvalue weighted by molar-refractivity contribution is -0.122. The molecule has 0 bridgehead atoms. The highest BCUT2D eigenvalue weighted by Gasteiger charge is 2.57. The van der Waals surface area contributed by atoms with Gasteiger partial charge < -0.3 is 19.9 Å². The number of benzene rings is 3. The number of amides is 3. The highest BCUT2D eigenvalue weighted by Crippen LogP contribution is 2.54. The number of thiazole rings is 1. The van der Waals surface area contributed by atoms with Crippen LogP contribution in [0.15, 0.2) is 82.6 Å². The summed E-state index contributed by atoms with van der Waals surface area (Å²) in [6.07, 6.45) is 0. The molecule has 11 nitrogen and oxygen atoms in total. The number of thioether (sulfide) groups is 1. The zero-order valence-electron chi connectivity index (χ0n) is 24.8. The fourth-order valence-corrected chi connectivity index (χ4v) is 8.46. The van der Waals surface area contributed by atoms with E-state index in [1.807, 2.05) is 6.07 Å². The van der Waals surface area contributed by atoms with Crippen LogP contribution in [0.3, 0.4) is 0 Å². The first kappa shape index (κ1) is 31.1. The summed E-state index contributed by atoms with van der Waals surface area (Å²) in [6, 6.07) is 19.6. The van der Waals surface area contributed by atoms with E-state index in [2.05, 4.69) is 5.32 Å². The van der Waals surface area contributed by atoms with Gasteiger partial charge in [0, 0.05) is 16.5 Å². The topological polar surface area (TPSA) is 144 Å². The molecule has 13 heteroatoms. The summed E-state index contributed by atoms with van der Waals surface area (Å²) >= 11 is 2.01. The lowest BCUT2D eigenvalue weighted by atomic mass is 9.83. The Hall–Kier alpha value is -4.88. The van der Waals surface area contributed by atoms with E-state index < -0.39 is 45.6 Å². The van der Waals surface area contributed by atoms with Gasteiger partial charge in [0.05, 0.1) is 35.4 Å². The van der Waals surface area contributed by atoms with E-state index >= 15 is 0 Å². The number of nitrogens with one attached hydrogen (secondary N) is 1. The number of imide groups is 1. The molecule has 6 rings (SSSR count). The first-order chi connectivity index (χ1) is 22.2. The van der Waals surface area contributed by atoms with Crippen LogP contribution < -0.4 is 19.8 Å². The van der Waals surface area contributed by atoms with Gasteiger partial charge in [-0.25, -0.2) is 9.69 Å². The zero-order chi connectivity index (χ0) is 32.5. The molecule has 46 heavy (non-hydrogen) atoms. The molecule has 236 valence electrons. The molecule has 3 atom stereocenters. The lowest BCUT2D eigenvalue weighted by Crippen LogP contribution is -2.33. The molecule has 2 unspecified atom stereocenters. The zero-order valence-corrected chi connectivity index (χ0v) is 26.4. The van der Waals surface area contributed by atoms with E-state index in [0.29, 0.717) is 26.8 Å². The summed E-state index contributed by atoms with van der Waals surface area (Å²) in [5, 5.41) is 12.7. The minimum atomic E-state index is -0.920. The third-order valence-electron chi connectivity index (χ3n) is 7.69. The smallest absolute Gasteiger partial charge is 0.338 e. The van der Waals surface area contributed by atoms with Crippen LogP contribution in [-0.4, -0.2) is 51.8 Å². The number of esters is 1. The number of para-hydroxylation sites is 1. The summed E-state index contributed by atoms with van der Waals surface area (Å²) < 4.78 is 12.0. The summed E-state index contributed by atoms with van der Waals surface area (Å²) in [7, 11) is 0. The number of anilines is 2. The predicted octanol–water partition coefficient (Wildman–Crippen LogP) is 4.63. The minimum Gasteiger partial charge on any atom is -0.504 e. The molecule has 0 aliphatic carbocycles. The van der Waals surface area contributed by atoms with Crippen LogP contribution >= 0.6 is 23.1 Å². The van der Waals surface area contributed by atoms with Crippen LogP contribution in [-0.2, 0) is 25.7 Å². The molecule has 2 aliphatic heterocycles. The van der Waals surface area contributed by atoms with Gasteiger partial charge in [-0.05, 0) is 67.9 Å². The molecular weight excluding hydrogens is 631 g/mol. The van der Waals surface area contributed by atoms with Crippen molar-refractivity contribution in [1.29, 1.82) is 0 Å². The average Bonchev–Trinajstić information content (AvgIpc) is 3.49. The maximum atomic E-state index is 14.2. The maximum absolute atomic E-state index is 14.2. The second-order valence-electron chi connectivity index (χ2n) is 10.5. The lowest BCUT2D eigenvalue weighted by Gasteiger charge is -2.31. The Kier molecular flexibility index (Phi) is 8.69. The number of nitrogens with zero attached hydrogens (tertiary/aromatic N) is 2.